The molecule has 0 atom stereocenters. The van der Waals surface area contributed by atoms with Crippen LogP contribution >= 0.6 is 0 Å². The molecule has 92 valence electrons. The molecule has 0 N–H and O–H groups in total. The lowest BCUT2D eigenvalue weighted by atomic mass is 10.3. The molecule has 0 fully saturated rings. The molecule has 1 heterocycles. The van der Waals surface area contributed by atoms with Gasteiger partial charge >= 0.3 is 0 Å². The van der Waals surface area contributed by atoms with Gasteiger partial charge in [0.1, 0.15) is 14.6 Å². The Morgan fingerprint density at radius 1 is 1.19 bits per heavy atom. The van der Waals surface area contributed by atoms with Crippen LogP contribution in [0.3, 0.4) is 0 Å². The normalized spacial score (nSPS) is 12.1. The highest BCUT2D eigenvalue weighted by Gasteiger charge is 2.26. The third kappa shape index (κ3) is 6.25. The number of hydrogen-bond donors (Lipinski definition) is 0. The Morgan fingerprint density at radius 3 is 2.25 bits per heavy atom. The Bertz CT molecular complexity index is 307. The van der Waals surface area contributed by atoms with E-state index in [9.17, 15) is 0 Å². The van der Waals surface area contributed by atoms with E-state index >= 15 is 0 Å². The Balaban J connectivity index is 0.00000225. The molecule has 0 aliphatic heterocycles. The minimum Gasteiger partial charge on any atom is -1.00 e. The molecule has 0 aliphatic rings. The second-order valence-corrected chi connectivity index (χ2v) is 11.6. The molecule has 4 heteroatoms. The molecule has 0 amide bonds. The summed E-state index contributed by atoms with van der Waals surface area (Å²) >= 11 is 0. The van der Waals surface area contributed by atoms with Gasteiger partial charge in [0.05, 0.1) is 26.0 Å². The van der Waals surface area contributed by atoms with E-state index in [2.05, 4.69) is 50.9 Å². The predicted molar refractivity (Wildman–Crippen MR) is 68.3 cm³/mol. The monoisotopic (exact) mass is 258 g/mol. The maximum Gasteiger partial charge on any atom is 0.121 e. The highest BCUT2D eigenvalue weighted by Crippen LogP contribution is 2.12. The van der Waals surface area contributed by atoms with E-state index in [0.717, 1.165) is 11.0 Å². The topological polar surface area (TPSA) is 12.9 Å². The van der Waals surface area contributed by atoms with Crippen LogP contribution < -0.4 is 12.4 Å². The summed E-state index contributed by atoms with van der Waals surface area (Å²) in [5.74, 6) is 0. The lowest BCUT2D eigenvalue weighted by molar-refractivity contribution is -0.894. The molecule has 0 radical (unpaired) electrons. The van der Waals surface area contributed by atoms with Gasteiger partial charge in [-0.2, -0.15) is 0 Å². The van der Waals surface area contributed by atoms with Gasteiger partial charge in [-0.25, -0.2) is 0 Å². The first-order valence-corrected chi connectivity index (χ1v) is 9.21. The fourth-order valence-electron chi connectivity index (χ4n) is 2.27. The van der Waals surface area contributed by atoms with Crippen molar-refractivity contribution >= 4 is 8.07 Å². The first kappa shape index (κ1) is 15.6. The van der Waals surface area contributed by atoms with Gasteiger partial charge in [0, 0.05) is 6.20 Å². The average Bonchev–Trinajstić information content (AvgIpc) is 1.99. The van der Waals surface area contributed by atoms with Crippen molar-refractivity contribution in [2.75, 3.05) is 20.3 Å². The summed E-state index contributed by atoms with van der Waals surface area (Å²) in [5.41, 5.74) is 1.20. The van der Waals surface area contributed by atoms with Crippen molar-refractivity contribution in [3.05, 3.63) is 30.1 Å². The van der Waals surface area contributed by atoms with Crippen molar-refractivity contribution in [3.8, 4) is 0 Å². The average molecular weight is 259 g/mol. The van der Waals surface area contributed by atoms with Gasteiger partial charge in [-0.1, -0.05) is 25.7 Å². The molecule has 0 saturated carbocycles. The van der Waals surface area contributed by atoms with Crippen LogP contribution in [0, 0.1) is 0 Å². The molecule has 0 saturated heterocycles. The summed E-state index contributed by atoms with van der Waals surface area (Å²) in [7, 11) is 3.60. The second kappa shape index (κ2) is 5.80. The number of quaternary nitrogens is 1. The SMILES string of the molecule is C[N+](C)(Cc1ccccn1)C[Si](C)(C)C.[Cl-]. The zero-order chi connectivity index (χ0) is 11.5. The molecule has 0 aromatic carbocycles. The van der Waals surface area contributed by atoms with Crippen LogP contribution in [-0.4, -0.2) is 37.8 Å². The highest BCUT2D eigenvalue weighted by molar-refractivity contribution is 6.75. The number of aromatic nitrogens is 1. The first-order chi connectivity index (χ1) is 6.79. The minimum atomic E-state index is -1.00. The third-order valence-corrected chi connectivity index (χ3v) is 4.02. The van der Waals surface area contributed by atoms with Crippen LogP contribution in [0.25, 0.3) is 0 Å². The predicted octanol–water partition coefficient (Wildman–Crippen LogP) is -0.461. The molecule has 0 bridgehead atoms. The molecular formula is C12H23ClN2Si. The number of rotatable bonds is 4. The van der Waals surface area contributed by atoms with E-state index in [1.54, 1.807) is 0 Å². The second-order valence-electron chi connectivity index (χ2n) is 6.13. The largest absolute Gasteiger partial charge is 1.00 e. The lowest BCUT2D eigenvalue weighted by Gasteiger charge is -2.34. The van der Waals surface area contributed by atoms with Crippen LogP contribution in [0.1, 0.15) is 5.69 Å². The Kier molecular flexibility index (Phi) is 5.66. The number of hydrogen-bond acceptors (Lipinski definition) is 1. The zero-order valence-corrected chi connectivity index (χ0v) is 12.8. The molecular weight excluding hydrogens is 236 g/mol. The van der Waals surface area contributed by atoms with Crippen molar-refractivity contribution in [2.24, 2.45) is 0 Å². The summed E-state index contributed by atoms with van der Waals surface area (Å²) < 4.78 is 1.05. The zero-order valence-electron chi connectivity index (χ0n) is 11.0. The van der Waals surface area contributed by atoms with Crippen LogP contribution in [0.5, 0.6) is 0 Å². The molecule has 2 nitrogen and oxygen atoms in total. The van der Waals surface area contributed by atoms with E-state index in [1.807, 2.05) is 12.3 Å². The van der Waals surface area contributed by atoms with Crippen molar-refractivity contribution in [1.29, 1.82) is 0 Å². The molecule has 1 aromatic rings. The van der Waals surface area contributed by atoms with Crippen LogP contribution in [0.15, 0.2) is 24.4 Å². The first-order valence-electron chi connectivity index (χ1n) is 5.50. The molecule has 0 unspecified atom stereocenters. The molecule has 16 heavy (non-hydrogen) atoms. The van der Waals surface area contributed by atoms with E-state index in [4.69, 9.17) is 0 Å². The minimum absolute atomic E-state index is 0. The molecule has 1 aromatic heterocycles. The quantitative estimate of drug-likeness (QED) is 0.526. The molecule has 0 spiro atoms. The molecule has 1 rings (SSSR count). The van der Waals surface area contributed by atoms with Crippen LogP contribution in [0.2, 0.25) is 19.6 Å². The van der Waals surface area contributed by atoms with E-state index in [-0.39, 0.29) is 12.4 Å². The maximum atomic E-state index is 4.39. The Hall–Kier alpha value is -0.383. The summed E-state index contributed by atoms with van der Waals surface area (Å²) in [6.45, 7) is 8.30. The highest BCUT2D eigenvalue weighted by atomic mass is 35.5. The van der Waals surface area contributed by atoms with Gasteiger partial charge in [-0.05, 0) is 12.1 Å². The Labute approximate surface area is 107 Å². The van der Waals surface area contributed by atoms with E-state index < -0.39 is 8.07 Å². The third-order valence-electron chi connectivity index (χ3n) is 2.22. The van der Waals surface area contributed by atoms with Crippen LogP contribution in [-0.2, 0) is 6.54 Å². The fourth-order valence-corrected chi connectivity index (χ4v) is 4.95. The number of pyridine rings is 1. The Morgan fingerprint density at radius 2 is 1.81 bits per heavy atom. The summed E-state index contributed by atoms with van der Waals surface area (Å²) in [4.78, 5) is 4.39. The maximum absolute atomic E-state index is 4.39. The van der Waals surface area contributed by atoms with Gasteiger partial charge in [0.2, 0.25) is 0 Å². The van der Waals surface area contributed by atoms with Crippen molar-refractivity contribution in [2.45, 2.75) is 26.2 Å². The van der Waals surface area contributed by atoms with Crippen molar-refractivity contribution in [1.82, 2.24) is 4.98 Å². The summed E-state index contributed by atoms with van der Waals surface area (Å²) in [6, 6.07) is 6.16. The van der Waals surface area contributed by atoms with E-state index in [1.165, 1.54) is 11.9 Å². The van der Waals surface area contributed by atoms with Crippen LogP contribution in [0.4, 0.5) is 0 Å². The standard InChI is InChI=1S/C12H23N2Si.ClH/c1-14(2,11-15(3,4)5)10-12-8-6-7-9-13-12;/h6-9H,10-11H2,1-5H3;1H/q+1;/p-1. The molecule has 0 aliphatic carbocycles. The van der Waals surface area contributed by atoms with Gasteiger partial charge < -0.3 is 16.9 Å². The smallest absolute Gasteiger partial charge is 0.121 e. The lowest BCUT2D eigenvalue weighted by Crippen LogP contribution is -3.00. The number of halogens is 1. The fraction of sp³-hybridized carbons (Fsp3) is 0.583. The number of nitrogens with zero attached hydrogens (tertiary/aromatic N) is 2. The summed E-state index contributed by atoms with van der Waals surface area (Å²) in [6.07, 6.45) is 3.17. The van der Waals surface area contributed by atoms with Gasteiger partial charge in [0.25, 0.3) is 0 Å². The van der Waals surface area contributed by atoms with Gasteiger partial charge in [-0.15, -0.1) is 0 Å². The summed E-state index contributed by atoms with van der Waals surface area (Å²) in [5, 5.41) is 0. The van der Waals surface area contributed by atoms with E-state index in [0.29, 0.717) is 0 Å². The van der Waals surface area contributed by atoms with Gasteiger partial charge in [0.15, 0.2) is 0 Å². The van der Waals surface area contributed by atoms with Gasteiger partial charge in [-0.3, -0.25) is 4.98 Å². The van der Waals surface area contributed by atoms with Crippen molar-refractivity contribution < 1.29 is 16.9 Å². The van der Waals surface area contributed by atoms with Crippen molar-refractivity contribution in [3.63, 3.8) is 0 Å².